The van der Waals surface area contributed by atoms with Crippen LogP contribution in [-0.4, -0.2) is 39.6 Å². The van der Waals surface area contributed by atoms with Crippen LogP contribution in [0.2, 0.25) is 10.0 Å². The molecule has 0 aliphatic rings. The minimum Gasteiger partial charge on any atom is -0.484 e. The summed E-state index contributed by atoms with van der Waals surface area (Å²) in [5.41, 5.74) is 2.02. The molecule has 40 heavy (non-hydrogen) atoms. The number of ether oxygens (including phenoxy) is 2. The summed E-state index contributed by atoms with van der Waals surface area (Å²) in [5.74, 6) is 1.84. The zero-order valence-electron chi connectivity index (χ0n) is 20.3. The summed E-state index contributed by atoms with van der Waals surface area (Å²) in [4.78, 5) is 1.34. The summed E-state index contributed by atoms with van der Waals surface area (Å²) in [6, 6.07) is 23.0. The maximum Gasteiger partial charge on any atom is 0.235 e. The van der Waals surface area contributed by atoms with Gasteiger partial charge in [-0.2, -0.15) is 19.2 Å². The van der Waals surface area contributed by atoms with E-state index in [-0.39, 0.29) is 13.2 Å². The Labute approximate surface area is 244 Å². The Morgan fingerprint density at radius 2 is 1.02 bits per heavy atom. The van der Waals surface area contributed by atoms with Crippen molar-refractivity contribution in [2.75, 3.05) is 0 Å². The minimum absolute atomic E-state index is 0.0979. The summed E-state index contributed by atoms with van der Waals surface area (Å²) in [7, 11) is 0. The maximum absolute atomic E-state index is 6.51. The van der Waals surface area contributed by atoms with Gasteiger partial charge in [0.05, 0.1) is 10.0 Å². The normalized spacial score (nSPS) is 11.4. The second-order valence-electron chi connectivity index (χ2n) is 8.46. The molecule has 0 radical (unpaired) electrons. The van der Waals surface area contributed by atoms with Crippen molar-refractivity contribution in [1.82, 2.24) is 39.6 Å². The first-order valence-electron chi connectivity index (χ1n) is 11.9. The Balaban J connectivity index is 1.05. The number of fused-ring (bicyclic) bond motifs is 2. The quantitative estimate of drug-likeness (QED) is 0.193. The second kappa shape index (κ2) is 10.5. The zero-order valence-corrected chi connectivity index (χ0v) is 23.5. The van der Waals surface area contributed by atoms with Crippen LogP contribution >= 0.6 is 45.9 Å². The number of nitrogens with zero attached hydrogens (tertiary/aromatic N) is 8. The van der Waals surface area contributed by atoms with Gasteiger partial charge in [-0.25, -0.2) is 0 Å². The third kappa shape index (κ3) is 4.75. The number of hydrogen-bond donors (Lipinski definition) is 0. The molecular formula is C26H16Cl2N8O2S2. The van der Waals surface area contributed by atoms with E-state index in [1.165, 1.54) is 22.7 Å². The van der Waals surface area contributed by atoms with Gasteiger partial charge in [0.25, 0.3) is 0 Å². The SMILES string of the molecule is Clc1cc(OCc2nnc3sc(-c4ccccc4)nn23)c(Cl)cc1OCc1nnc2sc(-c3ccccc3)nn12. The first-order valence-corrected chi connectivity index (χ1v) is 14.3. The Kier molecular flexibility index (Phi) is 6.52. The number of halogens is 2. The van der Waals surface area contributed by atoms with Crippen LogP contribution in [0.5, 0.6) is 11.5 Å². The van der Waals surface area contributed by atoms with Crippen LogP contribution in [0.1, 0.15) is 11.6 Å². The number of aromatic nitrogens is 8. The van der Waals surface area contributed by atoms with Gasteiger partial charge in [0.2, 0.25) is 9.92 Å². The number of hydrogen-bond acceptors (Lipinski definition) is 10. The highest BCUT2D eigenvalue weighted by Gasteiger charge is 2.17. The fourth-order valence-corrected chi connectivity index (χ4v) is 6.05. The average Bonchev–Trinajstić information content (AvgIpc) is 3.75. The molecule has 0 saturated carbocycles. The van der Waals surface area contributed by atoms with Gasteiger partial charge in [-0.3, -0.25) is 0 Å². The molecule has 0 unspecified atom stereocenters. The molecule has 0 saturated heterocycles. The minimum atomic E-state index is 0.0979. The van der Waals surface area contributed by atoms with Crippen molar-refractivity contribution in [3.8, 4) is 32.6 Å². The van der Waals surface area contributed by atoms with Crippen molar-refractivity contribution < 1.29 is 9.47 Å². The number of rotatable bonds is 8. The van der Waals surface area contributed by atoms with Crippen molar-refractivity contribution in [1.29, 1.82) is 0 Å². The van der Waals surface area contributed by atoms with E-state index in [1.807, 2.05) is 60.7 Å². The molecule has 7 aromatic rings. The summed E-state index contributed by atoms with van der Waals surface area (Å²) in [6.07, 6.45) is 0. The smallest absolute Gasteiger partial charge is 0.235 e. The lowest BCUT2D eigenvalue weighted by Gasteiger charge is -2.11. The van der Waals surface area contributed by atoms with Crippen LogP contribution in [0.15, 0.2) is 72.8 Å². The van der Waals surface area contributed by atoms with E-state index in [9.17, 15) is 0 Å². The Morgan fingerprint density at radius 1 is 0.600 bits per heavy atom. The van der Waals surface area contributed by atoms with Gasteiger partial charge in [-0.05, 0) is 0 Å². The molecule has 198 valence electrons. The van der Waals surface area contributed by atoms with Crippen molar-refractivity contribution >= 4 is 55.8 Å². The lowest BCUT2D eigenvalue weighted by molar-refractivity contribution is 0.284. The van der Waals surface area contributed by atoms with Crippen molar-refractivity contribution in [3.63, 3.8) is 0 Å². The molecule has 0 aliphatic carbocycles. The van der Waals surface area contributed by atoms with Gasteiger partial charge in [0.1, 0.15) is 34.7 Å². The van der Waals surface area contributed by atoms with E-state index in [4.69, 9.17) is 32.7 Å². The predicted molar refractivity (Wildman–Crippen MR) is 153 cm³/mol. The zero-order chi connectivity index (χ0) is 27.1. The summed E-state index contributed by atoms with van der Waals surface area (Å²) >= 11 is 15.9. The summed E-state index contributed by atoms with van der Waals surface area (Å²) in [5, 5.41) is 28.4. The van der Waals surface area contributed by atoms with Crippen LogP contribution in [0.25, 0.3) is 31.1 Å². The summed E-state index contributed by atoms with van der Waals surface area (Å²) in [6.45, 7) is 0.196. The standard InChI is InChI=1S/C26H16Cl2N8O2S2/c27-17-12-20(38-14-22-30-32-26-36(22)34-24(40-26)16-9-5-2-6-10-16)18(28)11-19(17)37-13-21-29-31-25-35(21)33-23(39-25)15-7-3-1-4-8-15/h1-12H,13-14H2. The highest BCUT2D eigenvalue weighted by atomic mass is 35.5. The molecule has 0 spiro atoms. The van der Waals surface area contributed by atoms with Crippen molar-refractivity contribution in [3.05, 3.63) is 94.5 Å². The molecule has 7 rings (SSSR count). The fourth-order valence-electron chi connectivity index (χ4n) is 3.91. The van der Waals surface area contributed by atoms with E-state index < -0.39 is 0 Å². The van der Waals surface area contributed by atoms with E-state index >= 15 is 0 Å². The van der Waals surface area contributed by atoms with Gasteiger partial charge in [-0.15, -0.1) is 20.4 Å². The van der Waals surface area contributed by atoms with Crippen LogP contribution in [-0.2, 0) is 13.2 Å². The van der Waals surface area contributed by atoms with Gasteiger partial charge in [0.15, 0.2) is 11.6 Å². The molecule has 0 atom stereocenters. The molecule has 0 fully saturated rings. The highest BCUT2D eigenvalue weighted by Crippen LogP contribution is 2.37. The Morgan fingerprint density at radius 3 is 1.45 bits per heavy atom. The van der Waals surface area contributed by atoms with Crippen LogP contribution in [0, 0.1) is 0 Å². The van der Waals surface area contributed by atoms with Gasteiger partial charge in [-0.1, -0.05) is 107 Å². The van der Waals surface area contributed by atoms with E-state index in [0.29, 0.717) is 43.1 Å². The molecule has 3 aromatic carbocycles. The number of benzene rings is 3. The lowest BCUT2D eigenvalue weighted by Crippen LogP contribution is -2.04. The average molecular weight is 608 g/mol. The van der Waals surface area contributed by atoms with Gasteiger partial charge < -0.3 is 9.47 Å². The lowest BCUT2D eigenvalue weighted by atomic mass is 10.2. The van der Waals surface area contributed by atoms with E-state index in [1.54, 1.807) is 21.2 Å². The second-order valence-corrected chi connectivity index (χ2v) is 11.2. The van der Waals surface area contributed by atoms with Crippen LogP contribution in [0.4, 0.5) is 0 Å². The van der Waals surface area contributed by atoms with Crippen molar-refractivity contribution in [2.24, 2.45) is 0 Å². The van der Waals surface area contributed by atoms with E-state index in [2.05, 4.69) is 30.6 Å². The third-order valence-corrected chi connectivity index (χ3v) is 8.34. The van der Waals surface area contributed by atoms with Gasteiger partial charge in [0, 0.05) is 23.3 Å². The fraction of sp³-hybridized carbons (Fsp3) is 0.0769. The monoisotopic (exact) mass is 606 g/mol. The molecule has 0 amide bonds. The van der Waals surface area contributed by atoms with Crippen LogP contribution in [0.3, 0.4) is 0 Å². The topological polar surface area (TPSA) is 105 Å². The van der Waals surface area contributed by atoms with Crippen LogP contribution < -0.4 is 9.47 Å². The largest absolute Gasteiger partial charge is 0.484 e. The third-order valence-electron chi connectivity index (χ3n) is 5.85. The maximum atomic E-state index is 6.51. The molecule has 10 nitrogen and oxygen atoms in total. The van der Waals surface area contributed by atoms with Crippen molar-refractivity contribution in [2.45, 2.75) is 13.2 Å². The van der Waals surface area contributed by atoms with Gasteiger partial charge >= 0.3 is 0 Å². The molecular weight excluding hydrogens is 591 g/mol. The Bertz CT molecular complexity index is 1810. The molecule has 4 aromatic heterocycles. The molecule has 0 bridgehead atoms. The predicted octanol–water partition coefficient (Wildman–Crippen LogP) is 6.48. The molecule has 0 aliphatic heterocycles. The molecule has 4 heterocycles. The Hall–Kier alpha value is -4.10. The summed E-state index contributed by atoms with van der Waals surface area (Å²) < 4.78 is 15.2. The van der Waals surface area contributed by atoms with E-state index in [0.717, 1.165) is 21.1 Å². The molecule has 14 heteroatoms. The highest BCUT2D eigenvalue weighted by molar-refractivity contribution is 7.20. The molecule has 0 N–H and O–H groups in total. The first kappa shape index (κ1) is 24.9. The first-order chi connectivity index (χ1) is 19.6.